The minimum atomic E-state index is -4.43. The normalized spacial score (nSPS) is 12.9. The minimum absolute atomic E-state index is 0.300. The molecule has 0 bridgehead atoms. The molecule has 0 spiro atoms. The summed E-state index contributed by atoms with van der Waals surface area (Å²) in [6, 6.07) is 48.2. The van der Waals surface area contributed by atoms with Crippen LogP contribution >= 0.6 is 0 Å². The molecule has 2 heterocycles. The van der Waals surface area contributed by atoms with E-state index in [0.29, 0.717) is 33.6 Å². The van der Waals surface area contributed by atoms with Gasteiger partial charge in [0.05, 0.1) is 39.1 Å². The van der Waals surface area contributed by atoms with Crippen molar-refractivity contribution in [2.75, 3.05) is 4.90 Å². The summed E-state index contributed by atoms with van der Waals surface area (Å²) in [5, 5.41) is 1.77. The zero-order chi connectivity index (χ0) is 36.4. The number of halogens is 3. The molecule has 256 valence electrons. The highest BCUT2D eigenvalue weighted by molar-refractivity contribution is 6.36. The molecule has 1 aliphatic rings. The Morgan fingerprint density at radius 1 is 0.472 bits per heavy atom. The first kappa shape index (κ1) is 32.2. The number of anilines is 1. The smallest absolute Gasteiger partial charge is 0.308 e. The lowest BCUT2D eigenvalue weighted by atomic mass is 9.97. The van der Waals surface area contributed by atoms with Crippen LogP contribution in [0.5, 0.6) is 0 Å². The third-order valence-corrected chi connectivity index (χ3v) is 10.1. The van der Waals surface area contributed by atoms with Crippen LogP contribution in [0.15, 0.2) is 158 Å². The van der Waals surface area contributed by atoms with Crippen LogP contribution in [0.4, 0.5) is 18.9 Å². The van der Waals surface area contributed by atoms with Gasteiger partial charge in [-0.3, -0.25) is 9.59 Å². The highest BCUT2D eigenvalue weighted by Gasteiger charge is 2.40. The molecule has 0 N–H and O–H groups in total. The van der Waals surface area contributed by atoms with Gasteiger partial charge in [-0.2, -0.15) is 13.2 Å². The van der Waals surface area contributed by atoms with Gasteiger partial charge in [-0.15, -0.1) is 0 Å². The number of carbonyl (C=O) groups excluding carboxylic acids is 2. The number of benzene rings is 7. The van der Waals surface area contributed by atoms with Gasteiger partial charge in [0.15, 0.2) is 0 Å². The molecule has 8 aromatic rings. The number of rotatable bonds is 5. The van der Waals surface area contributed by atoms with E-state index in [-0.39, 0.29) is 0 Å². The van der Waals surface area contributed by atoms with Gasteiger partial charge >= 0.3 is 6.18 Å². The van der Waals surface area contributed by atoms with Gasteiger partial charge in [0.2, 0.25) is 0 Å². The first-order chi connectivity index (χ1) is 25.7. The van der Waals surface area contributed by atoms with Crippen LogP contribution in [0, 0.1) is 6.92 Å². The standard InChI is InChI=1S/C46H29F3N2O2/c1-28-25-33(46(47,48)49)21-22-34(28)32-20-24-41-38(27-32)35-15-8-9-17-39(35)50(41)42-18-10-16-36-43(42)45(53)51(44(36)52)40-23-19-31(29-11-4-2-5-12-29)26-37(40)30-13-6-3-7-14-30/h2-27H,1H3. The fourth-order valence-electron chi connectivity index (χ4n) is 7.63. The van der Waals surface area contributed by atoms with Crippen molar-refractivity contribution in [1.82, 2.24) is 4.57 Å². The Kier molecular flexibility index (Phi) is 7.41. The van der Waals surface area contributed by atoms with Gasteiger partial charge in [-0.25, -0.2) is 4.90 Å². The van der Waals surface area contributed by atoms with Crippen molar-refractivity contribution in [3.63, 3.8) is 0 Å². The fourth-order valence-corrected chi connectivity index (χ4v) is 7.63. The minimum Gasteiger partial charge on any atom is -0.308 e. The maximum atomic E-state index is 14.7. The van der Waals surface area contributed by atoms with Crippen molar-refractivity contribution >= 4 is 39.3 Å². The molecule has 0 radical (unpaired) electrons. The van der Waals surface area contributed by atoms with Crippen LogP contribution < -0.4 is 4.90 Å². The Bertz CT molecular complexity index is 2770. The third-order valence-electron chi connectivity index (χ3n) is 10.1. The lowest BCUT2D eigenvalue weighted by Crippen LogP contribution is -2.30. The predicted octanol–water partition coefficient (Wildman–Crippen LogP) is 11.9. The fraction of sp³-hybridized carbons (Fsp3) is 0.0435. The maximum absolute atomic E-state index is 14.7. The zero-order valence-electron chi connectivity index (χ0n) is 28.4. The van der Waals surface area contributed by atoms with Crippen LogP contribution in [0.1, 0.15) is 31.8 Å². The molecule has 1 aromatic heterocycles. The van der Waals surface area contributed by atoms with E-state index in [1.54, 1.807) is 19.1 Å². The summed E-state index contributed by atoms with van der Waals surface area (Å²) in [6.45, 7) is 1.68. The summed E-state index contributed by atoms with van der Waals surface area (Å²) >= 11 is 0. The first-order valence-corrected chi connectivity index (χ1v) is 17.2. The highest BCUT2D eigenvalue weighted by Crippen LogP contribution is 2.43. The molecule has 0 unspecified atom stereocenters. The van der Waals surface area contributed by atoms with Crippen molar-refractivity contribution in [3.8, 4) is 39.1 Å². The largest absolute Gasteiger partial charge is 0.416 e. The quantitative estimate of drug-likeness (QED) is 0.168. The Morgan fingerprint density at radius 3 is 1.89 bits per heavy atom. The molecular weight excluding hydrogens is 670 g/mol. The molecule has 53 heavy (non-hydrogen) atoms. The predicted molar refractivity (Wildman–Crippen MR) is 204 cm³/mol. The number of fused-ring (bicyclic) bond motifs is 4. The van der Waals surface area contributed by atoms with Gasteiger partial charge in [-0.1, -0.05) is 103 Å². The van der Waals surface area contributed by atoms with Crippen molar-refractivity contribution < 1.29 is 22.8 Å². The van der Waals surface area contributed by atoms with Crippen LogP contribution in [0.2, 0.25) is 0 Å². The molecule has 0 atom stereocenters. The molecule has 0 saturated carbocycles. The molecule has 0 fully saturated rings. The molecule has 0 aliphatic carbocycles. The van der Waals surface area contributed by atoms with E-state index in [1.165, 1.54) is 17.0 Å². The lowest BCUT2D eigenvalue weighted by molar-refractivity contribution is -0.137. The van der Waals surface area contributed by atoms with Crippen LogP contribution in [0.3, 0.4) is 0 Å². The van der Waals surface area contributed by atoms with Gasteiger partial charge in [0.1, 0.15) is 0 Å². The second kappa shape index (κ2) is 12.2. The number of para-hydroxylation sites is 1. The van der Waals surface area contributed by atoms with E-state index in [0.717, 1.165) is 55.7 Å². The summed E-state index contributed by atoms with van der Waals surface area (Å²) in [6.07, 6.45) is -4.43. The summed E-state index contributed by atoms with van der Waals surface area (Å²) in [5.41, 5.74) is 8.19. The van der Waals surface area contributed by atoms with E-state index >= 15 is 0 Å². The number of aryl methyl sites for hydroxylation is 1. The number of nitrogens with zero attached hydrogens (tertiary/aromatic N) is 2. The summed E-state index contributed by atoms with van der Waals surface area (Å²) < 4.78 is 42.3. The Morgan fingerprint density at radius 2 is 1.15 bits per heavy atom. The van der Waals surface area contributed by atoms with Crippen LogP contribution in [-0.4, -0.2) is 16.4 Å². The Labute approximate surface area is 303 Å². The van der Waals surface area contributed by atoms with Crippen molar-refractivity contribution in [2.45, 2.75) is 13.1 Å². The Hall–Kier alpha value is -6.73. The van der Waals surface area contributed by atoms with Crippen LogP contribution in [-0.2, 0) is 6.18 Å². The number of carbonyl (C=O) groups is 2. The molecule has 7 heteroatoms. The van der Waals surface area contributed by atoms with Crippen molar-refractivity contribution in [3.05, 3.63) is 180 Å². The second-order valence-electron chi connectivity index (χ2n) is 13.2. The molecule has 9 rings (SSSR count). The first-order valence-electron chi connectivity index (χ1n) is 17.2. The van der Waals surface area contributed by atoms with Crippen molar-refractivity contribution in [1.29, 1.82) is 0 Å². The van der Waals surface area contributed by atoms with Gasteiger partial charge in [0.25, 0.3) is 11.8 Å². The number of aromatic nitrogens is 1. The molecule has 4 nitrogen and oxygen atoms in total. The summed E-state index contributed by atoms with van der Waals surface area (Å²) in [5.74, 6) is -0.828. The molecular formula is C46H29F3N2O2. The van der Waals surface area contributed by atoms with E-state index < -0.39 is 23.6 Å². The summed E-state index contributed by atoms with van der Waals surface area (Å²) in [7, 11) is 0. The third kappa shape index (κ3) is 5.23. The highest BCUT2D eigenvalue weighted by atomic mass is 19.4. The topological polar surface area (TPSA) is 42.3 Å². The van der Waals surface area contributed by atoms with E-state index in [9.17, 15) is 22.8 Å². The number of imide groups is 1. The van der Waals surface area contributed by atoms with E-state index in [1.807, 2.05) is 132 Å². The molecule has 0 saturated heterocycles. The number of alkyl halides is 3. The van der Waals surface area contributed by atoms with Gasteiger partial charge in [0, 0.05) is 16.3 Å². The molecule has 2 amide bonds. The number of hydrogen-bond donors (Lipinski definition) is 0. The lowest BCUT2D eigenvalue weighted by Gasteiger charge is -2.20. The summed E-state index contributed by atoms with van der Waals surface area (Å²) in [4.78, 5) is 30.3. The average molecular weight is 699 g/mol. The molecule has 1 aliphatic heterocycles. The Balaban J connectivity index is 1.19. The SMILES string of the molecule is Cc1cc(C(F)(F)F)ccc1-c1ccc2c(c1)c1ccccc1n2-c1cccc2c1C(=O)N(c1ccc(-c3ccccc3)cc1-c1ccccc1)C2=O. The maximum Gasteiger partial charge on any atom is 0.416 e. The van der Waals surface area contributed by atoms with E-state index in [2.05, 4.69) is 0 Å². The van der Waals surface area contributed by atoms with E-state index in [4.69, 9.17) is 0 Å². The number of amides is 2. The van der Waals surface area contributed by atoms with Gasteiger partial charge < -0.3 is 4.57 Å². The number of hydrogen-bond acceptors (Lipinski definition) is 2. The zero-order valence-corrected chi connectivity index (χ0v) is 28.4. The van der Waals surface area contributed by atoms with Crippen molar-refractivity contribution in [2.24, 2.45) is 0 Å². The van der Waals surface area contributed by atoms with Crippen LogP contribution in [0.25, 0.3) is 60.9 Å². The second-order valence-corrected chi connectivity index (χ2v) is 13.2. The van der Waals surface area contributed by atoms with Gasteiger partial charge in [-0.05, 0) is 94.9 Å². The monoisotopic (exact) mass is 698 g/mol. The average Bonchev–Trinajstić information content (AvgIpc) is 3.64. The molecule has 7 aromatic carbocycles.